The number of phenols is 1. The van der Waals surface area contributed by atoms with Gasteiger partial charge < -0.3 is 38.8 Å². The first kappa shape index (κ1) is 32.6. The first-order chi connectivity index (χ1) is 21.4. The number of nitrogens with zero attached hydrogens (tertiary/aromatic N) is 2. The molecule has 3 aromatic rings. The Kier molecular flexibility index (Phi) is 12.6. The Bertz CT molecular complexity index is 1360. The molecule has 236 valence electrons. The van der Waals surface area contributed by atoms with E-state index in [9.17, 15) is 19.8 Å². The summed E-state index contributed by atoms with van der Waals surface area (Å²) in [6, 6.07) is 11.7. The van der Waals surface area contributed by atoms with Crippen molar-refractivity contribution in [3.8, 4) is 17.2 Å². The van der Waals surface area contributed by atoms with Gasteiger partial charge in [0.1, 0.15) is 12.4 Å². The molecule has 0 spiro atoms. The number of unbranched alkanes of at least 4 members (excludes halogenated alkanes) is 2. The minimum Gasteiger partial charge on any atom is -0.508 e. The third-order valence-corrected chi connectivity index (χ3v) is 7.30. The van der Waals surface area contributed by atoms with Gasteiger partial charge in [0.15, 0.2) is 17.8 Å². The summed E-state index contributed by atoms with van der Waals surface area (Å²) in [4.78, 5) is 26.3. The van der Waals surface area contributed by atoms with Gasteiger partial charge in [0.2, 0.25) is 0 Å². The Morgan fingerprint density at radius 3 is 2.64 bits per heavy atom. The zero-order valence-corrected chi connectivity index (χ0v) is 24.6. The SMILES string of the molecule is O=C(O)CC/C=C\C[C@@H]1CO[C@H](CCCCCOc2cc(C(=O)O)ccc2OCCn2ccnc2)O[C@@H]1c1ccccc1O. The molecular formula is C33H40N2O9. The van der Waals surface area contributed by atoms with Gasteiger partial charge in [0, 0.05) is 30.3 Å². The van der Waals surface area contributed by atoms with E-state index in [1.54, 1.807) is 30.7 Å². The second-order valence-electron chi connectivity index (χ2n) is 10.6. The molecule has 1 aromatic heterocycles. The smallest absolute Gasteiger partial charge is 0.335 e. The number of rotatable bonds is 18. The Morgan fingerprint density at radius 1 is 1.02 bits per heavy atom. The number of carbonyl (C=O) groups is 2. The molecule has 0 bridgehead atoms. The molecule has 2 aromatic carbocycles. The van der Waals surface area contributed by atoms with Crippen molar-refractivity contribution < 1.29 is 43.9 Å². The van der Waals surface area contributed by atoms with Crippen molar-refractivity contribution in [1.82, 2.24) is 9.55 Å². The molecule has 0 unspecified atom stereocenters. The molecule has 11 nitrogen and oxygen atoms in total. The number of phenolic OH excluding ortho intramolecular Hbond substituents is 1. The third kappa shape index (κ3) is 10.1. The number of hydrogen-bond acceptors (Lipinski definition) is 8. The molecule has 0 aliphatic carbocycles. The molecule has 1 aliphatic heterocycles. The molecule has 4 rings (SSSR count). The van der Waals surface area contributed by atoms with Crippen LogP contribution in [0.3, 0.4) is 0 Å². The average molecular weight is 609 g/mol. The fraction of sp³-hybridized carbons (Fsp3) is 0.424. The minimum atomic E-state index is -1.04. The van der Waals surface area contributed by atoms with E-state index in [-0.39, 0.29) is 29.8 Å². The monoisotopic (exact) mass is 608 g/mol. The predicted molar refractivity (Wildman–Crippen MR) is 161 cm³/mol. The standard InChI is InChI=1S/C33H40N2O9/c36-27-11-7-6-10-26(27)32-25(9-3-1-4-12-30(37)38)22-43-31(44-32)13-5-2-8-19-41-29-21-24(33(39)40)14-15-28(29)42-20-18-35-17-16-34-23-35/h1,3,6-7,10-11,14-17,21,23,25,31-32,36H,2,4-5,8-9,12-13,18-20,22H2,(H,37,38)(H,39,40)/b3-1-/t25-,31+,32+/m1/s1. The van der Waals surface area contributed by atoms with E-state index in [0.717, 1.165) is 19.3 Å². The van der Waals surface area contributed by atoms with Crippen LogP contribution >= 0.6 is 0 Å². The van der Waals surface area contributed by atoms with Crippen molar-refractivity contribution in [2.75, 3.05) is 19.8 Å². The number of para-hydroxylation sites is 1. The lowest BCUT2D eigenvalue weighted by atomic mass is 9.91. The van der Waals surface area contributed by atoms with Gasteiger partial charge >= 0.3 is 11.9 Å². The van der Waals surface area contributed by atoms with Gasteiger partial charge in [-0.15, -0.1) is 0 Å². The maximum Gasteiger partial charge on any atom is 0.335 e. The first-order valence-electron chi connectivity index (χ1n) is 14.9. The van der Waals surface area contributed by atoms with Crippen LogP contribution in [0.25, 0.3) is 0 Å². The highest BCUT2D eigenvalue weighted by molar-refractivity contribution is 5.88. The van der Waals surface area contributed by atoms with Gasteiger partial charge in [0.25, 0.3) is 0 Å². The van der Waals surface area contributed by atoms with Crippen molar-refractivity contribution in [3.63, 3.8) is 0 Å². The molecular weight excluding hydrogens is 568 g/mol. The number of hydrogen-bond donors (Lipinski definition) is 3. The van der Waals surface area contributed by atoms with Crippen molar-refractivity contribution in [2.24, 2.45) is 5.92 Å². The van der Waals surface area contributed by atoms with E-state index in [1.165, 1.54) is 12.1 Å². The maximum absolute atomic E-state index is 11.5. The van der Waals surface area contributed by atoms with Crippen LogP contribution in [0.1, 0.15) is 67.0 Å². The molecule has 1 fully saturated rings. The first-order valence-corrected chi connectivity index (χ1v) is 14.9. The summed E-state index contributed by atoms with van der Waals surface area (Å²) in [6.07, 6.45) is 12.5. The lowest BCUT2D eigenvalue weighted by Crippen LogP contribution is -2.34. The van der Waals surface area contributed by atoms with Gasteiger partial charge in [0.05, 0.1) is 37.8 Å². The molecule has 2 heterocycles. The van der Waals surface area contributed by atoms with Gasteiger partial charge in [-0.1, -0.05) is 30.4 Å². The summed E-state index contributed by atoms with van der Waals surface area (Å²) in [5.74, 6) is -0.835. The summed E-state index contributed by atoms with van der Waals surface area (Å²) in [6.45, 7) is 1.83. The Hall–Kier alpha value is -4.35. The third-order valence-electron chi connectivity index (χ3n) is 7.30. The molecule has 0 amide bonds. The number of benzene rings is 2. The predicted octanol–water partition coefficient (Wildman–Crippen LogP) is 5.85. The second-order valence-corrected chi connectivity index (χ2v) is 10.6. The van der Waals surface area contributed by atoms with Crippen molar-refractivity contribution >= 4 is 11.9 Å². The van der Waals surface area contributed by atoms with Crippen LogP contribution in [0.2, 0.25) is 0 Å². The number of aliphatic carboxylic acids is 1. The van der Waals surface area contributed by atoms with E-state index < -0.39 is 18.2 Å². The fourth-order valence-corrected chi connectivity index (χ4v) is 4.95. The van der Waals surface area contributed by atoms with Crippen LogP contribution in [0, 0.1) is 5.92 Å². The Balaban J connectivity index is 1.24. The lowest BCUT2D eigenvalue weighted by Gasteiger charge is -2.37. The average Bonchev–Trinajstić information content (AvgIpc) is 3.53. The Labute approximate surface area is 256 Å². The summed E-state index contributed by atoms with van der Waals surface area (Å²) in [7, 11) is 0. The number of aromatic nitrogens is 2. The van der Waals surface area contributed by atoms with Crippen molar-refractivity contribution in [1.29, 1.82) is 0 Å². The Morgan fingerprint density at radius 2 is 1.86 bits per heavy atom. The van der Waals surface area contributed by atoms with Crippen LogP contribution in [0.4, 0.5) is 0 Å². The van der Waals surface area contributed by atoms with E-state index in [4.69, 9.17) is 24.1 Å². The number of aromatic carboxylic acids is 1. The van der Waals surface area contributed by atoms with Crippen LogP contribution in [0.15, 0.2) is 73.3 Å². The van der Waals surface area contributed by atoms with Crippen molar-refractivity contribution in [2.45, 2.75) is 63.9 Å². The minimum absolute atomic E-state index is 0.0213. The molecule has 0 saturated carbocycles. The zero-order chi connectivity index (χ0) is 31.1. The number of carboxylic acid groups (broad SMARTS) is 2. The van der Waals surface area contributed by atoms with Crippen LogP contribution < -0.4 is 9.47 Å². The largest absolute Gasteiger partial charge is 0.508 e. The van der Waals surface area contributed by atoms with Crippen LogP contribution in [-0.2, 0) is 20.8 Å². The quantitative estimate of drug-likeness (QED) is 0.119. The van der Waals surface area contributed by atoms with E-state index >= 15 is 0 Å². The molecule has 0 radical (unpaired) electrons. The molecule has 11 heteroatoms. The number of ether oxygens (including phenoxy) is 4. The summed E-state index contributed by atoms with van der Waals surface area (Å²) >= 11 is 0. The van der Waals surface area contributed by atoms with E-state index in [2.05, 4.69) is 4.98 Å². The summed E-state index contributed by atoms with van der Waals surface area (Å²) in [5, 5.41) is 28.7. The lowest BCUT2D eigenvalue weighted by molar-refractivity contribution is -0.241. The highest BCUT2D eigenvalue weighted by atomic mass is 16.7. The topological polar surface area (TPSA) is 150 Å². The molecule has 3 N–H and O–H groups in total. The zero-order valence-electron chi connectivity index (χ0n) is 24.6. The van der Waals surface area contributed by atoms with E-state index in [1.807, 2.05) is 35.0 Å². The second kappa shape index (κ2) is 17.1. The fourth-order valence-electron chi connectivity index (χ4n) is 4.95. The maximum atomic E-state index is 11.5. The summed E-state index contributed by atoms with van der Waals surface area (Å²) in [5.41, 5.74) is 0.839. The number of imidazole rings is 1. The highest BCUT2D eigenvalue weighted by Crippen LogP contribution is 2.39. The molecule has 44 heavy (non-hydrogen) atoms. The number of carboxylic acids is 2. The van der Waals surface area contributed by atoms with Crippen LogP contribution in [0.5, 0.6) is 17.2 Å². The summed E-state index contributed by atoms with van der Waals surface area (Å²) < 4.78 is 26.1. The number of aromatic hydroxyl groups is 1. The molecule has 3 atom stereocenters. The van der Waals surface area contributed by atoms with Gasteiger partial charge in [-0.2, -0.15) is 0 Å². The number of allylic oxidation sites excluding steroid dienone is 2. The van der Waals surface area contributed by atoms with Crippen molar-refractivity contribution in [3.05, 3.63) is 84.5 Å². The van der Waals surface area contributed by atoms with E-state index in [0.29, 0.717) is 62.7 Å². The molecule has 1 saturated heterocycles. The van der Waals surface area contributed by atoms with Gasteiger partial charge in [-0.05, 0) is 62.8 Å². The molecule has 1 aliphatic rings. The highest BCUT2D eigenvalue weighted by Gasteiger charge is 2.33. The normalized spacial score (nSPS) is 18.3. The van der Waals surface area contributed by atoms with Gasteiger partial charge in [-0.25, -0.2) is 9.78 Å². The van der Waals surface area contributed by atoms with Gasteiger partial charge in [-0.3, -0.25) is 4.79 Å². The van der Waals surface area contributed by atoms with Crippen LogP contribution in [-0.4, -0.2) is 62.9 Å².